The van der Waals surface area contributed by atoms with Crippen LogP contribution >= 0.6 is 0 Å². The Bertz CT molecular complexity index is 577. The summed E-state index contributed by atoms with van der Waals surface area (Å²) in [5.74, 6) is 0. The summed E-state index contributed by atoms with van der Waals surface area (Å²) in [6, 6.07) is 8.60. The fourth-order valence-electron chi connectivity index (χ4n) is 2.12. The van der Waals surface area contributed by atoms with Gasteiger partial charge in [-0.25, -0.2) is 0 Å². The standard InChI is InChI=1S/C16H22N2.4BH3O3/c1-3-5-10-17-11-12-18(14-17)13-16-8-6-15(4-2)7-9-16;4*2-1(3)4/h4,6-9,11-12H,2-3,5,10,13-14H2,1H3;4*2-4H. The van der Waals surface area contributed by atoms with Gasteiger partial charge in [0.2, 0.25) is 0 Å². The van der Waals surface area contributed by atoms with Crippen molar-refractivity contribution in [3.63, 3.8) is 0 Å². The molecule has 0 amide bonds. The number of unbranched alkanes of at least 4 members (excludes halogenated alkanes) is 1. The largest absolute Gasteiger partial charge is 0.631 e. The van der Waals surface area contributed by atoms with Crippen LogP contribution in [0.4, 0.5) is 0 Å². The molecule has 14 nitrogen and oxygen atoms in total. The van der Waals surface area contributed by atoms with Gasteiger partial charge in [0.1, 0.15) is 0 Å². The van der Waals surface area contributed by atoms with E-state index in [1.807, 2.05) is 6.08 Å². The predicted octanol–water partition coefficient (Wildman–Crippen LogP) is -4.53. The maximum atomic E-state index is 7.17. The van der Waals surface area contributed by atoms with E-state index in [4.69, 9.17) is 60.3 Å². The van der Waals surface area contributed by atoms with Crippen LogP contribution in [0, 0.1) is 0 Å². The lowest BCUT2D eigenvalue weighted by Crippen LogP contribution is -2.25. The van der Waals surface area contributed by atoms with Gasteiger partial charge < -0.3 is 70.1 Å². The molecule has 0 fully saturated rings. The third kappa shape index (κ3) is 34.7. The Kier molecular flexibility index (Phi) is 26.1. The van der Waals surface area contributed by atoms with Crippen molar-refractivity contribution in [1.82, 2.24) is 9.80 Å². The quantitative estimate of drug-likeness (QED) is 0.168. The van der Waals surface area contributed by atoms with E-state index in [1.165, 1.54) is 30.5 Å². The minimum Gasteiger partial charge on any atom is -0.402 e. The zero-order valence-electron chi connectivity index (χ0n) is 18.9. The zero-order valence-corrected chi connectivity index (χ0v) is 18.9. The average Bonchev–Trinajstić information content (AvgIpc) is 3.12. The Labute approximate surface area is 199 Å². The van der Waals surface area contributed by atoms with Crippen molar-refractivity contribution in [3.8, 4) is 0 Å². The molecule has 0 saturated heterocycles. The molecule has 0 atom stereocenters. The molecule has 0 saturated carbocycles. The Balaban J connectivity index is -0.000000492. The van der Waals surface area contributed by atoms with E-state index in [2.05, 4.69) is 60.0 Å². The molecule has 1 aliphatic heterocycles. The van der Waals surface area contributed by atoms with Gasteiger partial charge >= 0.3 is 29.3 Å². The number of rotatable bonds is 6. The minimum absolute atomic E-state index is 0.983. The van der Waals surface area contributed by atoms with Gasteiger partial charge in [0.15, 0.2) is 0 Å². The Morgan fingerprint density at radius 1 is 0.735 bits per heavy atom. The third-order valence-electron chi connectivity index (χ3n) is 3.25. The van der Waals surface area contributed by atoms with Crippen molar-refractivity contribution in [1.29, 1.82) is 0 Å². The highest BCUT2D eigenvalue weighted by Gasteiger charge is 2.11. The summed E-state index contributed by atoms with van der Waals surface area (Å²) in [7, 11) is -8.67. The lowest BCUT2D eigenvalue weighted by atomic mass is 10.1. The summed E-state index contributed by atoms with van der Waals surface area (Å²) in [4.78, 5) is 4.72. The van der Waals surface area contributed by atoms with Crippen LogP contribution < -0.4 is 0 Å². The van der Waals surface area contributed by atoms with E-state index < -0.39 is 29.3 Å². The maximum absolute atomic E-state index is 7.17. The van der Waals surface area contributed by atoms with Crippen LogP contribution in [0.1, 0.15) is 30.9 Å². The molecule has 1 aromatic carbocycles. The molecule has 18 heteroatoms. The van der Waals surface area contributed by atoms with E-state index in [0.29, 0.717) is 0 Å². The maximum Gasteiger partial charge on any atom is 0.631 e. The molecule has 0 radical (unpaired) electrons. The van der Waals surface area contributed by atoms with Crippen LogP contribution in [-0.4, -0.2) is 113 Å². The summed E-state index contributed by atoms with van der Waals surface area (Å²) < 4.78 is 0. The monoisotopic (exact) mass is 490 g/mol. The molecule has 192 valence electrons. The molecule has 1 heterocycles. The van der Waals surface area contributed by atoms with Gasteiger partial charge in [-0.3, -0.25) is 0 Å². The molecular weight excluding hydrogens is 455 g/mol. The van der Waals surface area contributed by atoms with Gasteiger partial charge in [-0.2, -0.15) is 0 Å². The van der Waals surface area contributed by atoms with Gasteiger partial charge in [-0.1, -0.05) is 50.3 Å². The Hall–Kier alpha value is -1.92. The third-order valence-corrected chi connectivity index (χ3v) is 3.25. The van der Waals surface area contributed by atoms with Crippen molar-refractivity contribution in [2.75, 3.05) is 13.2 Å². The first-order chi connectivity index (χ1) is 15.7. The van der Waals surface area contributed by atoms with Crippen LogP contribution in [0.25, 0.3) is 6.08 Å². The molecule has 1 aliphatic rings. The van der Waals surface area contributed by atoms with Gasteiger partial charge in [-0.05, 0) is 17.5 Å². The molecule has 12 N–H and O–H groups in total. The van der Waals surface area contributed by atoms with Crippen molar-refractivity contribution in [3.05, 3.63) is 54.4 Å². The summed E-state index contributed by atoms with van der Waals surface area (Å²) in [6.45, 7) is 9.17. The SMILES string of the molecule is C=Cc1ccc(CN2C=CN(CCCC)C2)cc1.OB(O)O.OB(O)O.OB(O)O.OB(O)O. The summed E-state index contributed by atoms with van der Waals surface area (Å²) in [5.41, 5.74) is 2.53. The first-order valence-corrected chi connectivity index (χ1v) is 9.79. The highest BCUT2D eigenvalue weighted by atomic mass is 16.5. The molecule has 2 rings (SSSR count). The van der Waals surface area contributed by atoms with Crippen molar-refractivity contribution < 1.29 is 60.3 Å². The Morgan fingerprint density at radius 3 is 1.47 bits per heavy atom. The normalized spacial score (nSPS) is 10.7. The molecule has 0 aromatic heterocycles. The van der Waals surface area contributed by atoms with Crippen molar-refractivity contribution >= 4 is 35.4 Å². The van der Waals surface area contributed by atoms with Crippen LogP contribution in [0.2, 0.25) is 0 Å². The summed E-state index contributed by atoms with van der Waals surface area (Å²) >= 11 is 0. The fraction of sp³-hybridized carbons (Fsp3) is 0.375. The number of nitrogens with zero attached hydrogens (tertiary/aromatic N) is 2. The average molecular weight is 490 g/mol. The molecule has 0 spiro atoms. The van der Waals surface area contributed by atoms with Crippen molar-refractivity contribution in [2.24, 2.45) is 0 Å². The van der Waals surface area contributed by atoms with Crippen LogP contribution in [-0.2, 0) is 6.54 Å². The van der Waals surface area contributed by atoms with Gasteiger partial charge in [-0.15, -0.1) is 0 Å². The number of hydrogen-bond donors (Lipinski definition) is 12. The zero-order chi connectivity index (χ0) is 27.1. The summed E-state index contributed by atoms with van der Waals surface area (Å²) in [6.07, 6.45) is 8.80. The molecule has 34 heavy (non-hydrogen) atoms. The van der Waals surface area contributed by atoms with Gasteiger partial charge in [0.25, 0.3) is 0 Å². The molecule has 1 aromatic rings. The summed E-state index contributed by atoms with van der Waals surface area (Å²) in [5, 5.41) is 86.0. The molecular formula is C16H34B4N2O12. The lowest BCUT2D eigenvalue weighted by Gasteiger charge is -2.21. The van der Waals surface area contributed by atoms with Gasteiger partial charge in [0.05, 0.1) is 6.67 Å². The van der Waals surface area contributed by atoms with E-state index in [0.717, 1.165) is 13.2 Å². The van der Waals surface area contributed by atoms with E-state index >= 15 is 0 Å². The molecule has 0 bridgehead atoms. The van der Waals surface area contributed by atoms with Crippen LogP contribution in [0.15, 0.2) is 43.2 Å². The Morgan fingerprint density at radius 2 is 1.12 bits per heavy atom. The minimum atomic E-state index is -2.17. The second-order valence-electron chi connectivity index (χ2n) is 6.18. The first kappa shape index (κ1) is 36.6. The lowest BCUT2D eigenvalue weighted by molar-refractivity contribution is 0.257. The van der Waals surface area contributed by atoms with Crippen LogP contribution in [0.5, 0.6) is 0 Å². The molecule has 0 unspecified atom stereocenters. The van der Waals surface area contributed by atoms with Gasteiger partial charge in [0, 0.05) is 25.5 Å². The number of benzene rings is 1. The predicted molar refractivity (Wildman–Crippen MR) is 127 cm³/mol. The van der Waals surface area contributed by atoms with E-state index in [-0.39, 0.29) is 0 Å². The smallest absolute Gasteiger partial charge is 0.402 e. The highest BCUT2D eigenvalue weighted by Crippen LogP contribution is 2.13. The van der Waals surface area contributed by atoms with E-state index in [9.17, 15) is 0 Å². The highest BCUT2D eigenvalue weighted by molar-refractivity contribution is 6.31. The van der Waals surface area contributed by atoms with Crippen LogP contribution in [0.3, 0.4) is 0 Å². The number of hydrogen-bond acceptors (Lipinski definition) is 14. The first-order valence-electron chi connectivity index (χ1n) is 9.79. The van der Waals surface area contributed by atoms with Crippen molar-refractivity contribution in [2.45, 2.75) is 26.3 Å². The van der Waals surface area contributed by atoms with E-state index in [1.54, 1.807) is 0 Å². The fourth-order valence-corrected chi connectivity index (χ4v) is 2.12. The second kappa shape index (κ2) is 24.2. The second-order valence-corrected chi connectivity index (χ2v) is 6.18. The topological polar surface area (TPSA) is 249 Å². The molecule has 0 aliphatic carbocycles.